The topological polar surface area (TPSA) is 82.9 Å². The maximum atomic E-state index is 13.4. The van der Waals surface area contributed by atoms with Gasteiger partial charge in [-0.25, -0.2) is 4.79 Å². The summed E-state index contributed by atoms with van der Waals surface area (Å²) in [6, 6.07) is 14.7. The van der Waals surface area contributed by atoms with Crippen LogP contribution in [0.5, 0.6) is 0 Å². The molecular weight excluding hydrogens is 442 g/mol. The van der Waals surface area contributed by atoms with Crippen LogP contribution in [0.2, 0.25) is 0 Å². The minimum atomic E-state index is -0.313. The molecule has 35 heavy (non-hydrogen) atoms. The summed E-state index contributed by atoms with van der Waals surface area (Å²) in [6.07, 6.45) is 4.83. The molecule has 0 atom stereocenters. The first kappa shape index (κ1) is 25.7. The Morgan fingerprint density at radius 3 is 2.57 bits per heavy atom. The normalized spacial score (nSPS) is 10.7. The van der Waals surface area contributed by atoms with Gasteiger partial charge < -0.3 is 19.5 Å². The van der Waals surface area contributed by atoms with Crippen LogP contribution in [0.4, 0.5) is 4.79 Å². The van der Waals surface area contributed by atoms with E-state index in [9.17, 15) is 14.4 Å². The van der Waals surface area contributed by atoms with E-state index in [-0.39, 0.29) is 37.0 Å². The molecule has 1 aromatic heterocycles. The molecule has 0 spiro atoms. The highest BCUT2D eigenvalue weighted by atomic mass is 16.3. The number of carbonyl (C=O) groups is 2. The van der Waals surface area contributed by atoms with E-state index in [2.05, 4.69) is 11.9 Å². The van der Waals surface area contributed by atoms with Gasteiger partial charge in [-0.15, -0.1) is 6.58 Å². The Balaban J connectivity index is 1.86. The molecule has 0 saturated heterocycles. The molecule has 1 heterocycles. The van der Waals surface area contributed by atoms with Crippen LogP contribution in [-0.2, 0) is 17.9 Å². The third-order valence-electron chi connectivity index (χ3n) is 5.70. The van der Waals surface area contributed by atoms with Crippen LogP contribution in [0.25, 0.3) is 11.0 Å². The van der Waals surface area contributed by atoms with Crippen LogP contribution in [0.3, 0.4) is 0 Å². The van der Waals surface area contributed by atoms with Gasteiger partial charge in [0, 0.05) is 19.6 Å². The summed E-state index contributed by atoms with van der Waals surface area (Å²) in [7, 11) is 0. The first-order valence-electron chi connectivity index (χ1n) is 11.9. The molecule has 1 N–H and O–H groups in total. The number of rotatable bonds is 11. The van der Waals surface area contributed by atoms with Crippen molar-refractivity contribution in [1.29, 1.82) is 0 Å². The van der Waals surface area contributed by atoms with Crippen molar-refractivity contribution in [3.05, 3.63) is 94.4 Å². The third-order valence-corrected chi connectivity index (χ3v) is 5.70. The second-order valence-corrected chi connectivity index (χ2v) is 8.58. The summed E-state index contributed by atoms with van der Waals surface area (Å²) < 4.78 is 5.70. The Morgan fingerprint density at radius 2 is 1.86 bits per heavy atom. The van der Waals surface area contributed by atoms with Gasteiger partial charge in [-0.2, -0.15) is 0 Å². The first-order chi connectivity index (χ1) is 16.9. The molecule has 0 radical (unpaired) electrons. The fraction of sp³-hybridized carbons (Fsp3) is 0.321. The summed E-state index contributed by atoms with van der Waals surface area (Å²) >= 11 is 0. The first-order valence-corrected chi connectivity index (χ1v) is 11.9. The molecule has 7 nitrogen and oxygen atoms in total. The second kappa shape index (κ2) is 12.6. The lowest BCUT2D eigenvalue weighted by atomic mass is 10.1. The molecule has 0 fully saturated rings. The van der Waals surface area contributed by atoms with Gasteiger partial charge in [0.15, 0.2) is 5.43 Å². The zero-order valence-electron chi connectivity index (χ0n) is 20.5. The Labute approximate surface area is 206 Å². The Morgan fingerprint density at radius 1 is 1.09 bits per heavy atom. The number of fused-ring (bicyclic) bond motifs is 1. The fourth-order valence-electron chi connectivity index (χ4n) is 3.76. The maximum Gasteiger partial charge on any atom is 0.318 e. The molecule has 184 valence electrons. The minimum absolute atomic E-state index is 0.0688. The van der Waals surface area contributed by atoms with E-state index < -0.39 is 0 Å². The van der Waals surface area contributed by atoms with Crippen molar-refractivity contribution >= 4 is 22.9 Å². The zero-order valence-corrected chi connectivity index (χ0v) is 20.5. The van der Waals surface area contributed by atoms with E-state index in [1.165, 1.54) is 11.2 Å². The van der Waals surface area contributed by atoms with Crippen LogP contribution >= 0.6 is 0 Å². The number of amides is 3. The van der Waals surface area contributed by atoms with E-state index in [1.54, 1.807) is 23.1 Å². The number of hydrogen-bond donors (Lipinski definition) is 1. The molecule has 0 saturated carbocycles. The van der Waals surface area contributed by atoms with Gasteiger partial charge in [0.1, 0.15) is 12.1 Å². The molecule has 3 amide bonds. The van der Waals surface area contributed by atoms with Crippen molar-refractivity contribution < 1.29 is 14.0 Å². The van der Waals surface area contributed by atoms with E-state index in [0.29, 0.717) is 29.6 Å². The zero-order chi connectivity index (χ0) is 25.2. The summed E-state index contributed by atoms with van der Waals surface area (Å²) in [4.78, 5) is 42.3. The molecule has 3 rings (SSSR count). The van der Waals surface area contributed by atoms with Crippen LogP contribution in [-0.4, -0.2) is 41.4 Å². The minimum Gasteiger partial charge on any atom is -0.464 e. The van der Waals surface area contributed by atoms with Gasteiger partial charge in [0.25, 0.3) is 0 Å². The lowest BCUT2D eigenvalue weighted by Crippen LogP contribution is -2.47. The number of urea groups is 1. The van der Waals surface area contributed by atoms with Gasteiger partial charge in [0.05, 0.1) is 23.8 Å². The number of nitrogens with one attached hydrogen (secondary N) is 1. The number of nitrogens with zero attached hydrogens (tertiary/aromatic N) is 2. The van der Waals surface area contributed by atoms with Gasteiger partial charge in [-0.05, 0) is 31.0 Å². The predicted molar refractivity (Wildman–Crippen MR) is 138 cm³/mol. The summed E-state index contributed by atoms with van der Waals surface area (Å²) in [5.74, 6) is -0.273. The molecule has 0 unspecified atom stereocenters. The average molecular weight is 476 g/mol. The van der Waals surface area contributed by atoms with Crippen molar-refractivity contribution in [1.82, 2.24) is 15.1 Å². The summed E-state index contributed by atoms with van der Waals surface area (Å²) in [5.41, 5.74) is 2.60. The van der Waals surface area contributed by atoms with Crippen molar-refractivity contribution in [2.75, 3.05) is 19.6 Å². The number of hydrogen-bond acceptors (Lipinski definition) is 4. The van der Waals surface area contributed by atoms with Crippen LogP contribution in [0.1, 0.15) is 36.5 Å². The van der Waals surface area contributed by atoms with Gasteiger partial charge in [-0.3, -0.25) is 9.59 Å². The Hall–Kier alpha value is -3.87. The van der Waals surface area contributed by atoms with Gasteiger partial charge >= 0.3 is 6.03 Å². The molecule has 0 bridgehead atoms. The van der Waals surface area contributed by atoms with E-state index in [4.69, 9.17) is 4.42 Å². The number of carbonyl (C=O) groups excluding carboxylic acids is 2. The molecule has 0 aliphatic carbocycles. The monoisotopic (exact) mass is 475 g/mol. The van der Waals surface area contributed by atoms with Crippen LogP contribution in [0.15, 0.2) is 76.7 Å². The van der Waals surface area contributed by atoms with Crippen molar-refractivity contribution in [3.63, 3.8) is 0 Å². The van der Waals surface area contributed by atoms with Gasteiger partial charge in [0.2, 0.25) is 5.91 Å². The highest BCUT2D eigenvalue weighted by molar-refractivity contribution is 5.84. The maximum absolute atomic E-state index is 13.4. The smallest absolute Gasteiger partial charge is 0.318 e. The second-order valence-electron chi connectivity index (χ2n) is 8.58. The average Bonchev–Trinajstić information content (AvgIpc) is 2.86. The Kier molecular flexibility index (Phi) is 9.23. The highest BCUT2D eigenvalue weighted by Crippen LogP contribution is 2.16. The SMILES string of the molecule is C=CCN(CC(=O)N(Cc1ccccc1)Cc1coc2ccc(C)cc2c1=O)C(=O)NCCCC. The van der Waals surface area contributed by atoms with Crippen molar-refractivity contribution in [2.24, 2.45) is 0 Å². The lowest BCUT2D eigenvalue weighted by Gasteiger charge is -2.27. The van der Waals surface area contributed by atoms with Crippen molar-refractivity contribution in [2.45, 2.75) is 39.8 Å². The van der Waals surface area contributed by atoms with E-state index in [1.807, 2.05) is 50.2 Å². The number of aryl methyl sites for hydroxylation is 1. The van der Waals surface area contributed by atoms with Crippen LogP contribution < -0.4 is 10.7 Å². The highest BCUT2D eigenvalue weighted by Gasteiger charge is 2.22. The Bertz CT molecular complexity index is 1220. The molecule has 2 aromatic carbocycles. The quantitative estimate of drug-likeness (QED) is 0.324. The standard InChI is InChI=1S/C28H33N3O4/c1-4-6-14-29-28(34)30(15-5-2)19-26(32)31(17-22-10-8-7-9-11-22)18-23-20-35-25-13-12-21(3)16-24(25)27(23)33/h5,7-13,16,20H,2,4,6,14-15,17-19H2,1,3H3,(H,29,34). The summed E-state index contributed by atoms with van der Waals surface area (Å²) in [5, 5.41) is 3.33. The molecule has 3 aromatic rings. The molecule has 0 aliphatic rings. The van der Waals surface area contributed by atoms with Crippen LogP contribution in [0, 0.1) is 6.92 Å². The third kappa shape index (κ3) is 7.06. The van der Waals surface area contributed by atoms with Gasteiger partial charge in [-0.1, -0.05) is 61.4 Å². The largest absolute Gasteiger partial charge is 0.464 e. The van der Waals surface area contributed by atoms with Crippen molar-refractivity contribution in [3.8, 4) is 0 Å². The predicted octanol–water partition coefficient (Wildman–Crippen LogP) is 4.63. The molecular formula is C28H33N3O4. The number of unbranched alkanes of at least 4 members (excludes halogenated alkanes) is 1. The van der Waals surface area contributed by atoms with E-state index in [0.717, 1.165) is 24.0 Å². The molecule has 7 heteroatoms. The molecule has 0 aliphatic heterocycles. The number of benzene rings is 2. The van der Waals surface area contributed by atoms with E-state index >= 15 is 0 Å². The lowest BCUT2D eigenvalue weighted by molar-refractivity contribution is -0.133. The summed E-state index contributed by atoms with van der Waals surface area (Å²) in [6.45, 7) is 8.69. The fourth-order valence-corrected chi connectivity index (χ4v) is 3.76.